The zero-order chi connectivity index (χ0) is 13.4. The third-order valence-corrected chi connectivity index (χ3v) is 2.80. The van der Waals surface area contributed by atoms with Crippen LogP contribution in [0.25, 0.3) is 0 Å². The number of unbranched alkanes of at least 4 members (excludes halogenated alkanes) is 2. The Labute approximate surface area is 109 Å². The van der Waals surface area contributed by atoms with Gasteiger partial charge in [0.15, 0.2) is 0 Å². The van der Waals surface area contributed by atoms with E-state index in [1.54, 1.807) is 24.3 Å². The highest BCUT2D eigenvalue weighted by Crippen LogP contribution is 2.13. The zero-order valence-corrected chi connectivity index (χ0v) is 11.2. The molecular weight excluding hydrogens is 228 g/mol. The van der Waals surface area contributed by atoms with E-state index in [2.05, 4.69) is 13.8 Å². The quantitative estimate of drug-likeness (QED) is 0.710. The molecule has 0 aromatic heterocycles. The van der Waals surface area contributed by atoms with E-state index in [0.717, 1.165) is 18.1 Å². The summed E-state index contributed by atoms with van der Waals surface area (Å²) in [5.74, 6) is 0.605. The lowest BCUT2D eigenvalue weighted by Crippen LogP contribution is -1.99. The van der Waals surface area contributed by atoms with Gasteiger partial charge in [0.2, 0.25) is 0 Å². The molecule has 0 bridgehead atoms. The van der Waals surface area contributed by atoms with Crippen molar-refractivity contribution < 1.29 is 14.6 Å². The van der Waals surface area contributed by atoms with E-state index >= 15 is 0 Å². The molecule has 0 heterocycles. The van der Waals surface area contributed by atoms with Gasteiger partial charge in [-0.05, 0) is 36.6 Å². The number of hydrogen-bond acceptors (Lipinski definition) is 2. The van der Waals surface area contributed by atoms with Crippen LogP contribution in [0.1, 0.15) is 49.9 Å². The van der Waals surface area contributed by atoms with E-state index in [0.29, 0.717) is 12.2 Å². The van der Waals surface area contributed by atoms with Gasteiger partial charge in [-0.2, -0.15) is 0 Å². The number of aromatic carboxylic acids is 1. The Hall–Kier alpha value is -1.51. The highest BCUT2D eigenvalue weighted by Gasteiger charge is 2.02. The second-order valence-corrected chi connectivity index (χ2v) is 4.92. The van der Waals surface area contributed by atoms with Crippen molar-refractivity contribution in [1.29, 1.82) is 0 Å². The number of rotatable bonds is 8. The van der Waals surface area contributed by atoms with Crippen LogP contribution in [0.15, 0.2) is 24.3 Å². The molecule has 0 radical (unpaired) electrons. The van der Waals surface area contributed by atoms with E-state index in [-0.39, 0.29) is 0 Å². The van der Waals surface area contributed by atoms with Gasteiger partial charge in [0, 0.05) is 0 Å². The topological polar surface area (TPSA) is 46.5 Å². The van der Waals surface area contributed by atoms with Crippen LogP contribution in [0.2, 0.25) is 0 Å². The first-order valence-electron chi connectivity index (χ1n) is 6.55. The van der Waals surface area contributed by atoms with Crippen LogP contribution in [0.4, 0.5) is 0 Å². The van der Waals surface area contributed by atoms with Crippen molar-refractivity contribution in [3.63, 3.8) is 0 Å². The van der Waals surface area contributed by atoms with Gasteiger partial charge < -0.3 is 9.84 Å². The van der Waals surface area contributed by atoms with E-state index < -0.39 is 5.97 Å². The molecule has 1 aromatic carbocycles. The highest BCUT2D eigenvalue weighted by atomic mass is 16.5. The second kappa shape index (κ2) is 7.75. The lowest BCUT2D eigenvalue weighted by Gasteiger charge is -2.07. The average molecular weight is 250 g/mol. The molecule has 100 valence electrons. The molecule has 0 spiro atoms. The fourth-order valence-electron chi connectivity index (χ4n) is 1.72. The minimum atomic E-state index is -0.907. The fourth-order valence-corrected chi connectivity index (χ4v) is 1.72. The Bertz CT molecular complexity index is 355. The smallest absolute Gasteiger partial charge is 0.335 e. The molecule has 0 aliphatic rings. The van der Waals surface area contributed by atoms with Crippen molar-refractivity contribution in [2.75, 3.05) is 6.61 Å². The van der Waals surface area contributed by atoms with Gasteiger partial charge in [-0.3, -0.25) is 0 Å². The minimum absolute atomic E-state index is 0.291. The highest BCUT2D eigenvalue weighted by molar-refractivity contribution is 5.87. The summed E-state index contributed by atoms with van der Waals surface area (Å²) < 4.78 is 5.55. The third-order valence-electron chi connectivity index (χ3n) is 2.80. The van der Waals surface area contributed by atoms with E-state index in [4.69, 9.17) is 9.84 Å². The summed E-state index contributed by atoms with van der Waals surface area (Å²) in [4.78, 5) is 10.7. The van der Waals surface area contributed by atoms with E-state index in [9.17, 15) is 4.79 Å². The summed E-state index contributed by atoms with van der Waals surface area (Å²) in [6.45, 7) is 5.17. The Morgan fingerprint density at radius 3 is 2.39 bits per heavy atom. The van der Waals surface area contributed by atoms with Crippen LogP contribution < -0.4 is 4.74 Å². The maximum absolute atomic E-state index is 10.7. The fraction of sp³-hybridized carbons (Fsp3) is 0.533. The molecule has 0 unspecified atom stereocenters. The van der Waals surface area contributed by atoms with Gasteiger partial charge in [-0.15, -0.1) is 0 Å². The Balaban J connectivity index is 2.17. The van der Waals surface area contributed by atoms with Crippen molar-refractivity contribution in [3.8, 4) is 5.75 Å². The number of ether oxygens (including phenoxy) is 1. The largest absolute Gasteiger partial charge is 0.494 e. The van der Waals surface area contributed by atoms with Gasteiger partial charge in [0.1, 0.15) is 5.75 Å². The minimum Gasteiger partial charge on any atom is -0.494 e. The summed E-state index contributed by atoms with van der Waals surface area (Å²) in [5, 5.41) is 8.75. The molecule has 0 amide bonds. The average Bonchev–Trinajstić information content (AvgIpc) is 2.34. The van der Waals surface area contributed by atoms with Crippen molar-refractivity contribution in [2.24, 2.45) is 5.92 Å². The van der Waals surface area contributed by atoms with Gasteiger partial charge in [0.05, 0.1) is 12.2 Å². The van der Waals surface area contributed by atoms with Crippen LogP contribution in [0.5, 0.6) is 5.75 Å². The number of carbonyl (C=O) groups is 1. The first-order chi connectivity index (χ1) is 8.59. The SMILES string of the molecule is CC(C)CCCCCOc1ccc(C(=O)O)cc1. The molecule has 0 fully saturated rings. The summed E-state index contributed by atoms with van der Waals surface area (Å²) in [7, 11) is 0. The van der Waals surface area contributed by atoms with Gasteiger partial charge in [-0.25, -0.2) is 4.79 Å². The van der Waals surface area contributed by atoms with Gasteiger partial charge >= 0.3 is 5.97 Å². The Morgan fingerprint density at radius 2 is 1.83 bits per heavy atom. The lowest BCUT2D eigenvalue weighted by molar-refractivity contribution is 0.0697. The first kappa shape index (κ1) is 14.6. The van der Waals surface area contributed by atoms with Crippen molar-refractivity contribution in [1.82, 2.24) is 0 Å². The molecule has 1 N–H and O–H groups in total. The summed E-state index contributed by atoms with van der Waals surface area (Å²) in [5.41, 5.74) is 0.291. The molecule has 0 atom stereocenters. The molecule has 1 aromatic rings. The normalized spacial score (nSPS) is 10.6. The van der Waals surface area contributed by atoms with Crippen LogP contribution in [-0.4, -0.2) is 17.7 Å². The van der Waals surface area contributed by atoms with Crippen molar-refractivity contribution >= 4 is 5.97 Å². The van der Waals surface area contributed by atoms with E-state index in [1.807, 2.05) is 0 Å². The van der Waals surface area contributed by atoms with Gasteiger partial charge in [0.25, 0.3) is 0 Å². The number of carboxylic acids is 1. The summed E-state index contributed by atoms with van der Waals surface area (Å²) >= 11 is 0. The van der Waals surface area contributed by atoms with Crippen LogP contribution in [0, 0.1) is 5.92 Å². The van der Waals surface area contributed by atoms with Crippen LogP contribution in [0.3, 0.4) is 0 Å². The predicted octanol–water partition coefficient (Wildman–Crippen LogP) is 3.98. The standard InChI is InChI=1S/C15H22O3/c1-12(2)6-4-3-5-11-18-14-9-7-13(8-10-14)15(16)17/h7-10,12H,3-6,11H2,1-2H3,(H,16,17). The van der Waals surface area contributed by atoms with Crippen molar-refractivity contribution in [2.45, 2.75) is 39.5 Å². The summed E-state index contributed by atoms with van der Waals surface area (Å²) in [6.07, 6.45) is 4.76. The molecule has 1 rings (SSSR count). The second-order valence-electron chi connectivity index (χ2n) is 4.92. The van der Waals surface area contributed by atoms with Gasteiger partial charge in [-0.1, -0.05) is 33.1 Å². The molecule has 0 saturated carbocycles. The molecule has 0 saturated heterocycles. The zero-order valence-electron chi connectivity index (χ0n) is 11.2. The molecule has 0 aliphatic carbocycles. The molecule has 0 aliphatic heterocycles. The maximum atomic E-state index is 10.7. The Morgan fingerprint density at radius 1 is 1.17 bits per heavy atom. The van der Waals surface area contributed by atoms with Crippen LogP contribution in [-0.2, 0) is 0 Å². The molecule has 3 nitrogen and oxygen atoms in total. The Kier molecular flexibility index (Phi) is 6.26. The molecule has 3 heteroatoms. The van der Waals surface area contributed by atoms with Crippen LogP contribution >= 0.6 is 0 Å². The third kappa shape index (κ3) is 5.71. The number of carboxylic acid groups (broad SMARTS) is 1. The number of hydrogen-bond donors (Lipinski definition) is 1. The monoisotopic (exact) mass is 250 g/mol. The molecule has 18 heavy (non-hydrogen) atoms. The summed E-state index contributed by atoms with van der Waals surface area (Å²) in [6, 6.07) is 6.54. The predicted molar refractivity (Wildman–Crippen MR) is 72.2 cm³/mol. The maximum Gasteiger partial charge on any atom is 0.335 e. The lowest BCUT2D eigenvalue weighted by atomic mass is 10.1. The molecular formula is C15H22O3. The number of benzene rings is 1. The van der Waals surface area contributed by atoms with E-state index in [1.165, 1.54) is 19.3 Å². The van der Waals surface area contributed by atoms with Crippen molar-refractivity contribution in [3.05, 3.63) is 29.8 Å². The first-order valence-corrected chi connectivity index (χ1v) is 6.55.